The minimum atomic E-state index is -4.31. The smallest absolute Gasteiger partial charge is 0.243 e. The fourth-order valence-electron chi connectivity index (χ4n) is 2.48. The molecule has 1 aliphatic rings. The van der Waals surface area contributed by atoms with Crippen LogP contribution in [0.2, 0.25) is 0 Å². The van der Waals surface area contributed by atoms with Crippen molar-refractivity contribution in [3.8, 4) is 0 Å². The average molecular weight is 343 g/mol. The zero-order chi connectivity index (χ0) is 16.7. The molecule has 1 aliphatic carbocycles. The minimum Gasteiger partial charge on any atom is -0.466 e. The van der Waals surface area contributed by atoms with Crippen LogP contribution in [0, 0.1) is 17.6 Å². The van der Waals surface area contributed by atoms with E-state index in [-0.39, 0.29) is 18.2 Å². The van der Waals surface area contributed by atoms with E-state index in [0.29, 0.717) is 6.07 Å². The predicted octanol–water partition coefficient (Wildman–Crippen LogP) is 2.13. The van der Waals surface area contributed by atoms with Crippen LogP contribution in [0.1, 0.15) is 18.6 Å². The maximum atomic E-state index is 13.7. The summed E-state index contributed by atoms with van der Waals surface area (Å²) in [6, 6.07) is 5.31. The molecule has 0 unspecified atom stereocenters. The van der Waals surface area contributed by atoms with Gasteiger partial charge < -0.3 is 9.52 Å². The average Bonchev–Trinajstić information content (AvgIpc) is 3.22. The number of furan rings is 1. The van der Waals surface area contributed by atoms with Crippen molar-refractivity contribution in [1.29, 1.82) is 0 Å². The summed E-state index contributed by atoms with van der Waals surface area (Å²) >= 11 is 0. The highest BCUT2D eigenvalue weighted by atomic mass is 32.2. The predicted molar refractivity (Wildman–Crippen MR) is 76.9 cm³/mol. The lowest BCUT2D eigenvalue weighted by atomic mass is 9.95. The fraction of sp³-hybridized carbons (Fsp3) is 0.333. The molecule has 0 bridgehead atoms. The van der Waals surface area contributed by atoms with E-state index in [1.165, 1.54) is 6.26 Å². The number of aliphatic hydroxyl groups is 1. The molecule has 1 aromatic heterocycles. The van der Waals surface area contributed by atoms with Crippen LogP contribution in [0.25, 0.3) is 0 Å². The van der Waals surface area contributed by atoms with E-state index in [1.807, 2.05) is 0 Å². The summed E-state index contributed by atoms with van der Waals surface area (Å²) in [4.78, 5) is -0.796. The molecule has 3 rings (SSSR count). The van der Waals surface area contributed by atoms with Gasteiger partial charge in [-0.15, -0.1) is 0 Å². The van der Waals surface area contributed by atoms with Crippen LogP contribution in [0.3, 0.4) is 0 Å². The van der Waals surface area contributed by atoms with Crippen LogP contribution in [-0.2, 0) is 15.6 Å². The van der Waals surface area contributed by atoms with Gasteiger partial charge in [0.25, 0.3) is 0 Å². The molecule has 5 nitrogen and oxygen atoms in total. The van der Waals surface area contributed by atoms with E-state index in [9.17, 15) is 22.3 Å². The summed E-state index contributed by atoms with van der Waals surface area (Å²) in [5.41, 5.74) is -1.51. The summed E-state index contributed by atoms with van der Waals surface area (Å²) in [5, 5.41) is 10.8. The molecule has 1 aromatic carbocycles. The highest BCUT2D eigenvalue weighted by Crippen LogP contribution is 2.45. The monoisotopic (exact) mass is 343 g/mol. The summed E-state index contributed by atoms with van der Waals surface area (Å²) in [7, 11) is -4.31. The Balaban J connectivity index is 1.85. The van der Waals surface area contributed by atoms with Gasteiger partial charge in [-0.25, -0.2) is 21.9 Å². The highest BCUT2D eigenvalue weighted by molar-refractivity contribution is 7.89. The van der Waals surface area contributed by atoms with Crippen molar-refractivity contribution in [3.63, 3.8) is 0 Å². The Labute approximate surface area is 132 Å². The molecule has 0 aliphatic heterocycles. The van der Waals surface area contributed by atoms with Crippen molar-refractivity contribution in [2.24, 2.45) is 5.92 Å². The number of hydrogen-bond donors (Lipinski definition) is 2. The summed E-state index contributed by atoms with van der Waals surface area (Å²) < 4.78 is 58.6. The number of rotatable bonds is 6. The Kier molecular flexibility index (Phi) is 3.99. The molecule has 124 valence electrons. The molecule has 23 heavy (non-hydrogen) atoms. The van der Waals surface area contributed by atoms with Gasteiger partial charge in [0.1, 0.15) is 27.9 Å². The van der Waals surface area contributed by atoms with Crippen molar-refractivity contribution in [2.45, 2.75) is 23.3 Å². The van der Waals surface area contributed by atoms with Gasteiger partial charge in [0.2, 0.25) is 10.0 Å². The van der Waals surface area contributed by atoms with Crippen LogP contribution >= 0.6 is 0 Å². The van der Waals surface area contributed by atoms with Gasteiger partial charge in [0, 0.05) is 6.54 Å². The summed E-state index contributed by atoms with van der Waals surface area (Å²) in [6.45, 7) is -0.385. The minimum absolute atomic E-state index is 0.145. The van der Waals surface area contributed by atoms with Crippen molar-refractivity contribution in [3.05, 3.63) is 54.0 Å². The Morgan fingerprint density at radius 3 is 2.65 bits per heavy atom. The van der Waals surface area contributed by atoms with E-state index in [0.717, 1.165) is 25.0 Å². The third-order valence-electron chi connectivity index (χ3n) is 3.92. The van der Waals surface area contributed by atoms with E-state index in [4.69, 9.17) is 4.42 Å². The van der Waals surface area contributed by atoms with E-state index >= 15 is 0 Å². The molecule has 0 amide bonds. The first-order valence-electron chi connectivity index (χ1n) is 7.04. The lowest BCUT2D eigenvalue weighted by molar-refractivity contribution is -0.00225. The van der Waals surface area contributed by atoms with E-state index < -0.39 is 32.2 Å². The van der Waals surface area contributed by atoms with Gasteiger partial charge in [-0.2, -0.15) is 0 Å². The second-order valence-electron chi connectivity index (χ2n) is 5.58. The normalized spacial score (nSPS) is 17.9. The molecular formula is C15H15F2NO4S. The van der Waals surface area contributed by atoms with Crippen LogP contribution in [0.15, 0.2) is 45.9 Å². The highest BCUT2D eigenvalue weighted by Gasteiger charge is 2.47. The fourth-order valence-corrected chi connectivity index (χ4v) is 3.64. The first-order chi connectivity index (χ1) is 10.8. The molecule has 8 heteroatoms. The quantitative estimate of drug-likeness (QED) is 0.842. The standard InChI is InChI=1S/C15H15F2NO4S/c16-11-5-6-12(17)13(8-11)23(20,21)18-9-15(19,10-3-4-10)14-2-1-7-22-14/h1-2,5-8,10,18-19H,3-4,9H2/t15-/m0/s1. The topological polar surface area (TPSA) is 79.5 Å². The number of benzene rings is 1. The largest absolute Gasteiger partial charge is 0.466 e. The van der Waals surface area contributed by atoms with E-state index in [2.05, 4.69) is 4.72 Å². The summed E-state index contributed by atoms with van der Waals surface area (Å²) in [6.07, 6.45) is 2.84. The first-order valence-corrected chi connectivity index (χ1v) is 8.52. The third-order valence-corrected chi connectivity index (χ3v) is 5.33. The Bertz CT molecular complexity index is 803. The Morgan fingerprint density at radius 2 is 2.04 bits per heavy atom. The maximum Gasteiger partial charge on any atom is 0.243 e. The van der Waals surface area contributed by atoms with Crippen LogP contribution in [0.5, 0.6) is 0 Å². The molecule has 2 N–H and O–H groups in total. The van der Waals surface area contributed by atoms with Gasteiger partial charge in [-0.1, -0.05) is 0 Å². The zero-order valence-corrected chi connectivity index (χ0v) is 12.8. The Hall–Kier alpha value is -1.77. The van der Waals surface area contributed by atoms with Gasteiger partial charge >= 0.3 is 0 Å². The third kappa shape index (κ3) is 3.15. The molecule has 0 radical (unpaired) electrons. The van der Waals surface area contributed by atoms with Crippen LogP contribution in [-0.4, -0.2) is 20.1 Å². The lowest BCUT2D eigenvalue weighted by Gasteiger charge is -2.26. The first kappa shape index (κ1) is 16.1. The van der Waals surface area contributed by atoms with Crippen molar-refractivity contribution in [2.75, 3.05) is 6.54 Å². The van der Waals surface area contributed by atoms with Gasteiger partial charge in [0.15, 0.2) is 0 Å². The van der Waals surface area contributed by atoms with Crippen molar-refractivity contribution in [1.82, 2.24) is 4.72 Å². The van der Waals surface area contributed by atoms with Gasteiger partial charge in [0.05, 0.1) is 6.26 Å². The second-order valence-corrected chi connectivity index (χ2v) is 7.31. The van der Waals surface area contributed by atoms with E-state index in [1.54, 1.807) is 12.1 Å². The van der Waals surface area contributed by atoms with Gasteiger partial charge in [-0.05, 0) is 49.1 Å². The second kappa shape index (κ2) is 5.70. The van der Waals surface area contributed by atoms with Crippen LogP contribution < -0.4 is 4.72 Å². The molecule has 0 saturated heterocycles. The number of hydrogen-bond acceptors (Lipinski definition) is 4. The Morgan fingerprint density at radius 1 is 1.30 bits per heavy atom. The molecule has 1 fully saturated rings. The van der Waals surface area contributed by atoms with Gasteiger partial charge in [-0.3, -0.25) is 0 Å². The van der Waals surface area contributed by atoms with Crippen molar-refractivity contribution < 1.29 is 26.7 Å². The van der Waals surface area contributed by atoms with Crippen molar-refractivity contribution >= 4 is 10.0 Å². The molecule has 1 saturated carbocycles. The SMILES string of the molecule is O=S(=O)(NC[C@@](O)(c1ccco1)C1CC1)c1cc(F)ccc1F. The zero-order valence-electron chi connectivity index (χ0n) is 12.0. The molecular weight excluding hydrogens is 328 g/mol. The maximum absolute atomic E-state index is 13.7. The molecule has 2 aromatic rings. The lowest BCUT2D eigenvalue weighted by Crippen LogP contribution is -2.42. The number of nitrogens with one attached hydrogen (secondary N) is 1. The molecule has 1 heterocycles. The number of sulfonamides is 1. The molecule has 1 atom stereocenters. The molecule has 0 spiro atoms. The number of halogens is 2. The van der Waals surface area contributed by atoms with Crippen LogP contribution in [0.4, 0.5) is 8.78 Å². The summed E-state index contributed by atoms with van der Waals surface area (Å²) in [5.74, 6) is -1.83.